The van der Waals surface area contributed by atoms with Crippen LogP contribution in [-0.4, -0.2) is 40.2 Å². The van der Waals surface area contributed by atoms with Crippen LogP contribution in [-0.2, 0) is 4.79 Å². The summed E-state index contributed by atoms with van der Waals surface area (Å²) in [6.07, 6.45) is 1.60. The quantitative estimate of drug-likeness (QED) is 0.690. The molecule has 3 amide bonds. The van der Waals surface area contributed by atoms with E-state index in [-0.39, 0.29) is 6.04 Å². The maximum atomic E-state index is 11.5. The van der Waals surface area contributed by atoms with Crippen LogP contribution in [0.25, 0.3) is 0 Å². The lowest BCUT2D eigenvalue weighted by atomic mass is 10.2. The van der Waals surface area contributed by atoms with E-state index in [1.54, 1.807) is 16.9 Å². The zero-order valence-corrected chi connectivity index (χ0v) is 10.6. The van der Waals surface area contributed by atoms with Crippen molar-refractivity contribution in [3.8, 4) is 0 Å². The van der Waals surface area contributed by atoms with Crippen molar-refractivity contribution in [3.05, 3.63) is 12.3 Å². The molecule has 1 atom stereocenters. The summed E-state index contributed by atoms with van der Waals surface area (Å²) in [7, 11) is 0. The molecule has 1 saturated heterocycles. The molecule has 3 N–H and O–H groups in total. The Labute approximate surface area is 109 Å². The minimum absolute atomic E-state index is 0.234. The van der Waals surface area contributed by atoms with Gasteiger partial charge in [0.1, 0.15) is 11.2 Å². The van der Waals surface area contributed by atoms with E-state index < -0.39 is 17.3 Å². The minimum atomic E-state index is -0.753. The number of aromatic nitrogens is 2. The highest BCUT2D eigenvalue weighted by Crippen LogP contribution is 2.17. The van der Waals surface area contributed by atoms with E-state index in [9.17, 15) is 9.59 Å². The predicted molar refractivity (Wildman–Crippen MR) is 66.6 cm³/mol. The van der Waals surface area contributed by atoms with Crippen molar-refractivity contribution in [3.63, 3.8) is 0 Å². The van der Waals surface area contributed by atoms with Crippen molar-refractivity contribution in [1.29, 1.82) is 0 Å². The van der Waals surface area contributed by atoms with Crippen LogP contribution >= 0.6 is 11.6 Å². The molecule has 7 nitrogen and oxygen atoms in total. The Morgan fingerprint density at radius 3 is 2.89 bits per heavy atom. The van der Waals surface area contributed by atoms with Gasteiger partial charge in [-0.15, -0.1) is 11.6 Å². The molecule has 8 heteroatoms. The van der Waals surface area contributed by atoms with Gasteiger partial charge in [-0.2, -0.15) is 5.10 Å². The number of hydrogen-bond acceptors (Lipinski definition) is 4. The molecule has 2 heterocycles. The molecule has 0 spiro atoms. The SMILES string of the molecule is CC(Cl)C(=O)NC(=O)Nc1ccnn1C1CNC1. The van der Waals surface area contributed by atoms with Crippen LogP contribution in [0.4, 0.5) is 10.6 Å². The van der Waals surface area contributed by atoms with E-state index in [2.05, 4.69) is 21.0 Å². The van der Waals surface area contributed by atoms with Crippen molar-refractivity contribution in [2.45, 2.75) is 18.3 Å². The number of nitrogens with zero attached hydrogens (tertiary/aromatic N) is 2. The molecule has 0 saturated carbocycles. The van der Waals surface area contributed by atoms with Crippen LogP contribution in [0.2, 0.25) is 0 Å². The number of carbonyl (C=O) groups is 2. The minimum Gasteiger partial charge on any atom is -0.312 e. The summed E-state index contributed by atoms with van der Waals surface area (Å²) in [5.74, 6) is 0.0135. The summed E-state index contributed by atoms with van der Waals surface area (Å²) in [6.45, 7) is 3.12. The highest BCUT2D eigenvalue weighted by Gasteiger charge is 2.22. The molecule has 1 aliphatic rings. The van der Waals surface area contributed by atoms with Crippen molar-refractivity contribution in [2.75, 3.05) is 18.4 Å². The van der Waals surface area contributed by atoms with Gasteiger partial charge in [0.05, 0.1) is 12.2 Å². The van der Waals surface area contributed by atoms with Gasteiger partial charge in [-0.25, -0.2) is 9.48 Å². The second-order valence-corrected chi connectivity index (χ2v) is 4.69. The number of halogens is 1. The van der Waals surface area contributed by atoms with Gasteiger partial charge in [0.25, 0.3) is 0 Å². The topological polar surface area (TPSA) is 88.1 Å². The molecule has 1 aliphatic heterocycles. The molecule has 0 radical (unpaired) electrons. The summed E-state index contributed by atoms with van der Waals surface area (Å²) < 4.78 is 1.71. The molecule has 0 aromatic carbocycles. The lowest BCUT2D eigenvalue weighted by Crippen LogP contribution is -2.45. The highest BCUT2D eigenvalue weighted by molar-refractivity contribution is 6.31. The molecule has 0 bridgehead atoms. The van der Waals surface area contributed by atoms with Gasteiger partial charge in [0.15, 0.2) is 0 Å². The Balaban J connectivity index is 1.94. The third-order valence-electron chi connectivity index (χ3n) is 2.62. The molecule has 2 rings (SSSR count). The predicted octanol–water partition coefficient (Wildman–Crippen LogP) is 0.303. The van der Waals surface area contributed by atoms with Crippen LogP contribution in [0.15, 0.2) is 12.3 Å². The average Bonchev–Trinajstić information content (AvgIpc) is 2.63. The van der Waals surface area contributed by atoms with Crippen molar-refractivity contribution < 1.29 is 9.59 Å². The Bertz CT molecular complexity index is 455. The summed E-state index contributed by atoms with van der Waals surface area (Å²) in [5.41, 5.74) is 0. The van der Waals surface area contributed by atoms with E-state index in [0.717, 1.165) is 13.1 Å². The van der Waals surface area contributed by atoms with Gasteiger partial charge in [-0.1, -0.05) is 0 Å². The zero-order chi connectivity index (χ0) is 13.1. The number of amides is 3. The molecule has 1 aromatic rings. The van der Waals surface area contributed by atoms with Crippen LogP contribution in [0, 0.1) is 0 Å². The number of nitrogens with one attached hydrogen (secondary N) is 3. The fourth-order valence-corrected chi connectivity index (χ4v) is 1.56. The Morgan fingerprint density at radius 1 is 1.61 bits per heavy atom. The number of urea groups is 1. The average molecular weight is 272 g/mol. The second-order valence-electron chi connectivity index (χ2n) is 4.03. The Morgan fingerprint density at radius 2 is 2.33 bits per heavy atom. The number of rotatable bonds is 3. The van der Waals surface area contributed by atoms with E-state index >= 15 is 0 Å². The molecule has 0 aliphatic carbocycles. The fraction of sp³-hybridized carbons (Fsp3) is 0.500. The molecular weight excluding hydrogens is 258 g/mol. The molecule has 1 fully saturated rings. The van der Waals surface area contributed by atoms with E-state index in [4.69, 9.17) is 11.6 Å². The smallest absolute Gasteiger partial charge is 0.312 e. The monoisotopic (exact) mass is 271 g/mol. The zero-order valence-electron chi connectivity index (χ0n) is 9.81. The number of anilines is 1. The number of carbonyl (C=O) groups excluding carboxylic acids is 2. The standard InChI is InChI=1S/C10H14ClN5O2/c1-6(11)9(17)15-10(18)14-8-2-3-13-16(8)7-4-12-5-7/h2-3,6-7,12H,4-5H2,1H3,(H2,14,15,17,18). The largest absolute Gasteiger partial charge is 0.327 e. The number of imide groups is 1. The Hall–Kier alpha value is -1.60. The summed E-state index contributed by atoms with van der Waals surface area (Å²) >= 11 is 5.55. The summed E-state index contributed by atoms with van der Waals surface area (Å²) in [4.78, 5) is 22.8. The lowest BCUT2D eigenvalue weighted by Gasteiger charge is -2.28. The molecule has 98 valence electrons. The van der Waals surface area contributed by atoms with Gasteiger partial charge < -0.3 is 5.32 Å². The van der Waals surface area contributed by atoms with Gasteiger partial charge in [-0.05, 0) is 6.92 Å². The van der Waals surface area contributed by atoms with Crippen molar-refractivity contribution >= 4 is 29.4 Å². The van der Waals surface area contributed by atoms with Gasteiger partial charge in [-0.3, -0.25) is 15.4 Å². The van der Waals surface area contributed by atoms with Crippen molar-refractivity contribution in [1.82, 2.24) is 20.4 Å². The van der Waals surface area contributed by atoms with Crippen molar-refractivity contribution in [2.24, 2.45) is 0 Å². The first-order valence-electron chi connectivity index (χ1n) is 5.58. The number of alkyl halides is 1. The van der Waals surface area contributed by atoms with Gasteiger partial charge >= 0.3 is 6.03 Å². The first-order chi connectivity index (χ1) is 8.58. The van der Waals surface area contributed by atoms with Gasteiger partial charge in [0, 0.05) is 19.2 Å². The Kier molecular flexibility index (Phi) is 3.83. The maximum absolute atomic E-state index is 11.5. The van der Waals surface area contributed by atoms with E-state index in [0.29, 0.717) is 5.82 Å². The van der Waals surface area contributed by atoms with Crippen LogP contribution in [0.5, 0.6) is 0 Å². The normalized spacial score (nSPS) is 16.8. The third-order valence-corrected chi connectivity index (χ3v) is 2.81. The van der Waals surface area contributed by atoms with Crippen LogP contribution < -0.4 is 16.0 Å². The van der Waals surface area contributed by atoms with E-state index in [1.165, 1.54) is 6.92 Å². The van der Waals surface area contributed by atoms with Gasteiger partial charge in [0.2, 0.25) is 5.91 Å². The summed E-state index contributed by atoms with van der Waals surface area (Å²) in [6, 6.07) is 1.30. The maximum Gasteiger partial charge on any atom is 0.327 e. The van der Waals surface area contributed by atoms with E-state index in [1.807, 2.05) is 0 Å². The highest BCUT2D eigenvalue weighted by atomic mass is 35.5. The molecule has 1 unspecified atom stereocenters. The second kappa shape index (κ2) is 5.36. The lowest BCUT2D eigenvalue weighted by molar-refractivity contribution is -0.119. The molecule has 18 heavy (non-hydrogen) atoms. The van der Waals surface area contributed by atoms with Crippen LogP contribution in [0.3, 0.4) is 0 Å². The first-order valence-corrected chi connectivity index (χ1v) is 6.01. The molecule has 1 aromatic heterocycles. The first kappa shape index (κ1) is 12.8. The summed E-state index contributed by atoms with van der Waals surface area (Å²) in [5, 5.41) is 11.2. The van der Waals surface area contributed by atoms with Crippen LogP contribution in [0.1, 0.15) is 13.0 Å². The molecular formula is C10H14ClN5O2. The fourth-order valence-electron chi connectivity index (χ4n) is 1.51. The number of hydrogen-bond donors (Lipinski definition) is 3. The third kappa shape index (κ3) is 2.80.